The van der Waals surface area contributed by atoms with Crippen LogP contribution in [0.25, 0.3) is 10.9 Å². The predicted octanol–water partition coefficient (Wildman–Crippen LogP) is 2.16. The number of hydrogen-bond acceptors (Lipinski definition) is 9. The predicted molar refractivity (Wildman–Crippen MR) is 123 cm³/mol. The molecule has 0 bridgehead atoms. The number of hydrogen-bond donors (Lipinski definition) is 2. The molecule has 33 heavy (non-hydrogen) atoms. The van der Waals surface area contributed by atoms with Crippen molar-refractivity contribution < 1.29 is 14.3 Å². The van der Waals surface area contributed by atoms with Crippen molar-refractivity contribution in [2.75, 3.05) is 36.5 Å². The van der Waals surface area contributed by atoms with Crippen molar-refractivity contribution in [2.45, 2.75) is 37.8 Å². The van der Waals surface area contributed by atoms with Gasteiger partial charge in [-0.15, -0.1) is 0 Å². The second kappa shape index (κ2) is 9.53. The fourth-order valence-corrected chi connectivity index (χ4v) is 4.30. The molecule has 1 saturated heterocycles. The highest BCUT2D eigenvalue weighted by atomic mass is 16.5. The highest BCUT2D eigenvalue weighted by Gasteiger charge is 2.25. The van der Waals surface area contributed by atoms with Gasteiger partial charge in [-0.05, 0) is 37.8 Å². The van der Waals surface area contributed by atoms with Crippen molar-refractivity contribution in [2.24, 2.45) is 5.73 Å². The zero-order chi connectivity index (χ0) is 22.6. The van der Waals surface area contributed by atoms with E-state index in [0.717, 1.165) is 50.1 Å². The molecule has 2 aliphatic rings. The number of amides is 1. The molecule has 5 rings (SSSR count). The normalized spacial score (nSPS) is 21.0. The van der Waals surface area contributed by atoms with Crippen LogP contribution in [0.3, 0.4) is 0 Å². The van der Waals surface area contributed by atoms with Gasteiger partial charge in [-0.2, -0.15) is 4.98 Å². The summed E-state index contributed by atoms with van der Waals surface area (Å²) in [5.74, 6) is 1.42. The summed E-state index contributed by atoms with van der Waals surface area (Å²) in [7, 11) is 0. The first-order valence-electron chi connectivity index (χ1n) is 11.3. The van der Waals surface area contributed by atoms with Crippen LogP contribution in [0.1, 0.15) is 36.0 Å². The minimum absolute atomic E-state index is 0.0209. The molecule has 3 aromatic heterocycles. The van der Waals surface area contributed by atoms with Crippen LogP contribution in [0.2, 0.25) is 0 Å². The minimum atomic E-state index is -0.526. The largest absolute Gasteiger partial charge is 0.474 e. The summed E-state index contributed by atoms with van der Waals surface area (Å²) in [5.41, 5.74) is 6.55. The van der Waals surface area contributed by atoms with Gasteiger partial charge in [0, 0.05) is 43.8 Å². The summed E-state index contributed by atoms with van der Waals surface area (Å²) in [6, 6.07) is 5.76. The standard InChI is InChI=1S/C23H27N7O3/c24-21(31)15-12-18-19(27-14-15)13-20(30-8-10-32-11-9-30)29-22(18)33-17-4-2-16(3-5-17)28-23-25-6-1-7-26-23/h1,6-7,12-14,16-17H,2-5,8-11H2,(H2,24,31)(H,25,26,28). The molecule has 1 amide bonds. The summed E-state index contributed by atoms with van der Waals surface area (Å²) in [5, 5.41) is 4.09. The van der Waals surface area contributed by atoms with Crippen LogP contribution in [0, 0.1) is 0 Å². The van der Waals surface area contributed by atoms with Gasteiger partial charge in [0.15, 0.2) is 0 Å². The van der Waals surface area contributed by atoms with E-state index in [2.05, 4.69) is 25.2 Å². The van der Waals surface area contributed by atoms with Gasteiger partial charge >= 0.3 is 0 Å². The zero-order valence-electron chi connectivity index (χ0n) is 18.3. The van der Waals surface area contributed by atoms with Gasteiger partial charge in [0.05, 0.1) is 29.7 Å². The highest BCUT2D eigenvalue weighted by molar-refractivity contribution is 5.97. The third kappa shape index (κ3) is 4.95. The van der Waals surface area contributed by atoms with Crippen LogP contribution in [-0.2, 0) is 4.74 Å². The molecule has 0 aromatic carbocycles. The van der Waals surface area contributed by atoms with Gasteiger partial charge in [0.2, 0.25) is 17.7 Å². The van der Waals surface area contributed by atoms with E-state index in [-0.39, 0.29) is 6.10 Å². The number of rotatable bonds is 6. The van der Waals surface area contributed by atoms with Crippen molar-refractivity contribution in [1.29, 1.82) is 0 Å². The third-order valence-corrected chi connectivity index (χ3v) is 6.10. The quantitative estimate of drug-likeness (QED) is 0.581. The van der Waals surface area contributed by atoms with Crippen molar-refractivity contribution >= 4 is 28.6 Å². The van der Waals surface area contributed by atoms with E-state index in [9.17, 15) is 4.79 Å². The average molecular weight is 450 g/mol. The topological polar surface area (TPSA) is 128 Å². The Morgan fingerprint density at radius 1 is 1.09 bits per heavy atom. The molecule has 172 valence electrons. The Kier molecular flexibility index (Phi) is 6.16. The number of ether oxygens (including phenoxy) is 2. The first kappa shape index (κ1) is 21.3. The van der Waals surface area contributed by atoms with E-state index in [1.54, 1.807) is 24.5 Å². The number of carbonyl (C=O) groups is 1. The third-order valence-electron chi connectivity index (χ3n) is 6.10. The summed E-state index contributed by atoms with van der Waals surface area (Å²) >= 11 is 0. The van der Waals surface area contributed by atoms with Crippen LogP contribution in [0.15, 0.2) is 36.8 Å². The molecule has 3 N–H and O–H groups in total. The molecule has 1 aliphatic carbocycles. The van der Waals surface area contributed by atoms with Gasteiger partial charge < -0.3 is 25.4 Å². The summed E-state index contributed by atoms with van der Waals surface area (Å²) in [6.45, 7) is 2.84. The highest BCUT2D eigenvalue weighted by Crippen LogP contribution is 2.32. The van der Waals surface area contributed by atoms with Crippen molar-refractivity contribution in [3.63, 3.8) is 0 Å². The lowest BCUT2D eigenvalue weighted by Gasteiger charge is -2.31. The average Bonchev–Trinajstić information content (AvgIpc) is 2.86. The van der Waals surface area contributed by atoms with E-state index >= 15 is 0 Å². The molecule has 1 aliphatic heterocycles. The Morgan fingerprint density at radius 2 is 1.85 bits per heavy atom. The number of carbonyl (C=O) groups excluding carboxylic acids is 1. The molecule has 4 heterocycles. The molecule has 1 saturated carbocycles. The van der Waals surface area contributed by atoms with Crippen LogP contribution >= 0.6 is 0 Å². The lowest BCUT2D eigenvalue weighted by Crippen LogP contribution is -2.37. The van der Waals surface area contributed by atoms with Gasteiger partial charge in [0.1, 0.15) is 11.9 Å². The fraction of sp³-hybridized carbons (Fsp3) is 0.435. The number of pyridine rings is 2. The molecule has 10 nitrogen and oxygen atoms in total. The number of nitrogens with one attached hydrogen (secondary N) is 1. The molecule has 3 aromatic rings. The Bertz CT molecular complexity index is 1110. The Hall–Kier alpha value is -3.53. The van der Waals surface area contributed by atoms with E-state index in [1.807, 2.05) is 6.07 Å². The Labute approximate surface area is 191 Å². The zero-order valence-corrected chi connectivity index (χ0v) is 18.3. The van der Waals surface area contributed by atoms with Crippen LogP contribution < -0.4 is 20.7 Å². The number of primary amides is 1. The van der Waals surface area contributed by atoms with Gasteiger partial charge in [-0.3, -0.25) is 9.78 Å². The lowest BCUT2D eigenvalue weighted by molar-refractivity contribution is 0.1000. The molecule has 0 atom stereocenters. The molecular weight excluding hydrogens is 422 g/mol. The summed E-state index contributed by atoms with van der Waals surface area (Å²) < 4.78 is 11.9. The molecule has 10 heteroatoms. The van der Waals surface area contributed by atoms with Crippen molar-refractivity contribution in [3.8, 4) is 5.88 Å². The Balaban J connectivity index is 1.35. The monoisotopic (exact) mass is 449 g/mol. The summed E-state index contributed by atoms with van der Waals surface area (Å²) in [6.07, 6.45) is 8.61. The maximum absolute atomic E-state index is 11.7. The maximum atomic E-state index is 11.7. The first-order valence-corrected chi connectivity index (χ1v) is 11.3. The number of nitrogens with two attached hydrogens (primary N) is 1. The maximum Gasteiger partial charge on any atom is 0.250 e. The number of anilines is 2. The lowest BCUT2D eigenvalue weighted by atomic mass is 9.93. The van der Waals surface area contributed by atoms with E-state index < -0.39 is 5.91 Å². The van der Waals surface area contributed by atoms with Gasteiger partial charge in [-0.25, -0.2) is 9.97 Å². The van der Waals surface area contributed by atoms with Gasteiger partial charge in [0.25, 0.3) is 0 Å². The van der Waals surface area contributed by atoms with Crippen LogP contribution in [0.5, 0.6) is 5.88 Å². The number of aromatic nitrogens is 4. The van der Waals surface area contributed by atoms with E-state index in [4.69, 9.17) is 20.2 Å². The second-order valence-corrected chi connectivity index (χ2v) is 8.35. The van der Waals surface area contributed by atoms with Crippen molar-refractivity contribution in [1.82, 2.24) is 19.9 Å². The van der Waals surface area contributed by atoms with Crippen LogP contribution in [-0.4, -0.2) is 64.3 Å². The van der Waals surface area contributed by atoms with E-state index in [0.29, 0.717) is 42.0 Å². The minimum Gasteiger partial charge on any atom is -0.474 e. The SMILES string of the molecule is NC(=O)c1cnc2cc(N3CCOCC3)nc(OC3CCC(Nc4ncccn4)CC3)c2c1. The second-order valence-electron chi connectivity index (χ2n) is 8.35. The Morgan fingerprint density at radius 3 is 2.58 bits per heavy atom. The van der Waals surface area contributed by atoms with E-state index in [1.165, 1.54) is 6.20 Å². The smallest absolute Gasteiger partial charge is 0.250 e. The summed E-state index contributed by atoms with van der Waals surface area (Å²) in [4.78, 5) is 31.7. The molecule has 0 unspecified atom stereocenters. The first-order chi connectivity index (χ1) is 16.2. The molecule has 0 spiro atoms. The number of nitrogens with zero attached hydrogens (tertiary/aromatic N) is 5. The fourth-order valence-electron chi connectivity index (χ4n) is 4.30. The number of fused-ring (bicyclic) bond motifs is 1. The molecule has 2 fully saturated rings. The van der Waals surface area contributed by atoms with Gasteiger partial charge in [-0.1, -0.05) is 0 Å². The molecule has 0 radical (unpaired) electrons. The van der Waals surface area contributed by atoms with Crippen molar-refractivity contribution in [3.05, 3.63) is 42.4 Å². The van der Waals surface area contributed by atoms with Crippen LogP contribution in [0.4, 0.5) is 11.8 Å². The molecular formula is C23H27N7O3. The number of morpholine rings is 1.